The molecule has 0 saturated heterocycles. The van der Waals surface area contributed by atoms with Gasteiger partial charge in [-0.3, -0.25) is 9.78 Å². The molecule has 0 aliphatic carbocycles. The summed E-state index contributed by atoms with van der Waals surface area (Å²) in [6.45, 7) is 0. The molecule has 0 aliphatic rings. The molecule has 7 nitrogen and oxygen atoms in total. The number of aromatic nitrogens is 1. The zero-order chi connectivity index (χ0) is 23.4. The van der Waals surface area contributed by atoms with E-state index < -0.39 is 11.9 Å². The quantitative estimate of drug-likeness (QED) is 0.358. The van der Waals surface area contributed by atoms with Crippen molar-refractivity contribution in [1.82, 2.24) is 4.98 Å². The second kappa shape index (κ2) is 11.0. The second-order valence-corrected chi connectivity index (χ2v) is 7.19. The molecule has 0 unspecified atom stereocenters. The van der Waals surface area contributed by atoms with Crippen LogP contribution in [0.1, 0.15) is 20.7 Å². The molecule has 1 radical (unpaired) electrons. The summed E-state index contributed by atoms with van der Waals surface area (Å²) < 4.78 is 5.40. The van der Waals surface area contributed by atoms with E-state index in [1.165, 1.54) is 12.1 Å². The fourth-order valence-electron chi connectivity index (χ4n) is 3.52. The Hall–Kier alpha value is -3.65. The van der Waals surface area contributed by atoms with Gasteiger partial charge in [0.05, 0.1) is 23.9 Å². The number of para-hydroxylation sites is 1. The van der Waals surface area contributed by atoms with Crippen LogP contribution in [0.4, 0.5) is 5.69 Å². The van der Waals surface area contributed by atoms with Crippen LogP contribution in [0, 0.1) is 0 Å². The molecule has 3 aromatic carbocycles. The van der Waals surface area contributed by atoms with Gasteiger partial charge in [-0.2, -0.15) is 0 Å². The van der Waals surface area contributed by atoms with Crippen LogP contribution in [0.25, 0.3) is 22.3 Å². The number of phenols is 1. The summed E-state index contributed by atoms with van der Waals surface area (Å²) in [6, 6.07) is 20.2. The molecule has 8 heteroatoms. The number of ether oxygens (including phenoxy) is 1. The Balaban J connectivity index is 0.00000324. The first kappa shape index (κ1) is 25.0. The molecule has 1 amide bonds. The fraction of sp³-hybridized carbons (Fsp3) is 0.0385. The summed E-state index contributed by atoms with van der Waals surface area (Å²) in [4.78, 5) is 28.8. The molecule has 0 aliphatic heterocycles. The van der Waals surface area contributed by atoms with E-state index in [1.54, 1.807) is 62.0 Å². The number of benzene rings is 3. The summed E-state index contributed by atoms with van der Waals surface area (Å²) >= 11 is 0. The summed E-state index contributed by atoms with van der Waals surface area (Å²) in [7, 11) is 1.55. The minimum absolute atomic E-state index is 0. The Labute approximate surface area is 218 Å². The fourth-order valence-corrected chi connectivity index (χ4v) is 3.52. The zero-order valence-corrected chi connectivity index (χ0v) is 20.6. The number of methoxy groups -OCH3 is 1. The molecule has 1 heterocycles. The number of carbonyl (C=O) groups is 2. The standard InChI is InChI=1S/C26H20N2O5.Na/c1-33-24-5-3-2-4-19(24)18-6-8-20(26(31)32)22(15-18)28-25(30)21-14-17(7-9-23(21)29)16-10-12-27-13-11-16;/h2-15,29H,1H3,(H,28,30)(H,31,32);. The maximum Gasteiger partial charge on any atom is 0.337 e. The summed E-state index contributed by atoms with van der Waals surface area (Å²) in [5.74, 6) is -1.43. The van der Waals surface area contributed by atoms with Gasteiger partial charge in [-0.15, -0.1) is 0 Å². The number of carboxylic acid groups (broad SMARTS) is 1. The SMILES string of the molecule is COc1ccccc1-c1ccc(C(=O)O)c(NC(=O)c2cc(-c3ccncc3)ccc2O)c1.[Na]. The molecule has 1 aromatic heterocycles. The molecule has 0 spiro atoms. The van der Waals surface area contributed by atoms with Crippen molar-refractivity contribution in [2.45, 2.75) is 0 Å². The van der Waals surface area contributed by atoms with Crippen molar-refractivity contribution in [2.24, 2.45) is 0 Å². The van der Waals surface area contributed by atoms with Crippen LogP contribution in [-0.2, 0) is 0 Å². The predicted molar refractivity (Wildman–Crippen MR) is 130 cm³/mol. The number of amides is 1. The van der Waals surface area contributed by atoms with Crippen molar-refractivity contribution >= 4 is 47.1 Å². The molecule has 4 aromatic rings. The zero-order valence-electron chi connectivity index (χ0n) is 18.6. The van der Waals surface area contributed by atoms with Crippen LogP contribution in [-0.4, -0.2) is 63.7 Å². The second-order valence-electron chi connectivity index (χ2n) is 7.19. The van der Waals surface area contributed by atoms with Gasteiger partial charge in [-0.1, -0.05) is 30.3 Å². The van der Waals surface area contributed by atoms with E-state index in [4.69, 9.17) is 4.74 Å². The van der Waals surface area contributed by atoms with Crippen molar-refractivity contribution in [1.29, 1.82) is 0 Å². The van der Waals surface area contributed by atoms with Gasteiger partial charge >= 0.3 is 5.97 Å². The van der Waals surface area contributed by atoms with Gasteiger partial charge in [-0.25, -0.2) is 4.79 Å². The average Bonchev–Trinajstić information content (AvgIpc) is 2.84. The molecule has 0 atom stereocenters. The molecular weight excluding hydrogens is 443 g/mol. The van der Waals surface area contributed by atoms with E-state index in [-0.39, 0.29) is 52.1 Å². The number of hydrogen-bond acceptors (Lipinski definition) is 5. The molecular formula is C26H20N2NaO5. The van der Waals surface area contributed by atoms with E-state index in [0.29, 0.717) is 16.9 Å². The Morgan fingerprint density at radius 3 is 2.26 bits per heavy atom. The Bertz CT molecular complexity index is 1340. The van der Waals surface area contributed by atoms with Gasteiger partial charge in [-0.05, 0) is 59.2 Å². The van der Waals surface area contributed by atoms with E-state index >= 15 is 0 Å². The number of carbonyl (C=O) groups excluding carboxylic acids is 1. The Kier molecular flexibility index (Phi) is 8.07. The topological polar surface area (TPSA) is 109 Å². The van der Waals surface area contributed by atoms with Crippen molar-refractivity contribution in [2.75, 3.05) is 12.4 Å². The van der Waals surface area contributed by atoms with Crippen molar-refractivity contribution in [3.8, 4) is 33.8 Å². The number of hydrogen-bond donors (Lipinski definition) is 3. The van der Waals surface area contributed by atoms with Gasteiger partial charge < -0.3 is 20.3 Å². The third-order valence-electron chi connectivity index (χ3n) is 5.17. The van der Waals surface area contributed by atoms with E-state index in [9.17, 15) is 19.8 Å². The number of carboxylic acids is 1. The number of rotatable bonds is 6. The summed E-state index contributed by atoms with van der Waals surface area (Å²) in [5.41, 5.74) is 2.99. The molecule has 0 bridgehead atoms. The molecule has 0 fully saturated rings. The first-order valence-corrected chi connectivity index (χ1v) is 10.0. The monoisotopic (exact) mass is 463 g/mol. The van der Waals surface area contributed by atoms with Crippen molar-refractivity contribution in [3.05, 3.63) is 96.3 Å². The minimum Gasteiger partial charge on any atom is -0.507 e. The number of anilines is 1. The van der Waals surface area contributed by atoms with Gasteiger partial charge in [0.2, 0.25) is 0 Å². The Morgan fingerprint density at radius 1 is 0.853 bits per heavy atom. The van der Waals surface area contributed by atoms with Gasteiger partial charge in [0.25, 0.3) is 5.91 Å². The molecule has 165 valence electrons. The number of nitrogens with one attached hydrogen (secondary N) is 1. The summed E-state index contributed by atoms with van der Waals surface area (Å²) in [6.07, 6.45) is 3.26. The molecule has 3 N–H and O–H groups in total. The Morgan fingerprint density at radius 2 is 1.56 bits per heavy atom. The van der Waals surface area contributed by atoms with E-state index in [2.05, 4.69) is 10.3 Å². The van der Waals surface area contributed by atoms with E-state index in [1.807, 2.05) is 18.2 Å². The van der Waals surface area contributed by atoms with Crippen LogP contribution < -0.4 is 10.1 Å². The van der Waals surface area contributed by atoms with Crippen molar-refractivity contribution in [3.63, 3.8) is 0 Å². The van der Waals surface area contributed by atoms with Gasteiger partial charge in [0.15, 0.2) is 0 Å². The summed E-state index contributed by atoms with van der Waals surface area (Å²) in [5, 5.41) is 22.6. The average molecular weight is 463 g/mol. The van der Waals surface area contributed by atoms with Crippen LogP contribution >= 0.6 is 0 Å². The van der Waals surface area contributed by atoms with Crippen LogP contribution in [0.5, 0.6) is 11.5 Å². The van der Waals surface area contributed by atoms with E-state index in [0.717, 1.165) is 11.1 Å². The number of aromatic carboxylic acids is 1. The van der Waals surface area contributed by atoms with Crippen molar-refractivity contribution < 1.29 is 24.5 Å². The first-order chi connectivity index (χ1) is 16.0. The normalized spacial score (nSPS) is 10.1. The molecule has 4 rings (SSSR count). The van der Waals surface area contributed by atoms with Crippen LogP contribution in [0.15, 0.2) is 85.2 Å². The third-order valence-corrected chi connectivity index (χ3v) is 5.17. The van der Waals surface area contributed by atoms with Gasteiger partial charge in [0, 0.05) is 47.5 Å². The maximum absolute atomic E-state index is 13.1. The number of aromatic hydroxyl groups is 1. The number of pyridine rings is 1. The van der Waals surface area contributed by atoms with Crippen LogP contribution in [0.3, 0.4) is 0 Å². The largest absolute Gasteiger partial charge is 0.507 e. The van der Waals surface area contributed by atoms with Crippen LogP contribution in [0.2, 0.25) is 0 Å². The predicted octanol–water partition coefficient (Wildman–Crippen LogP) is 4.70. The smallest absolute Gasteiger partial charge is 0.337 e. The third kappa shape index (κ3) is 5.28. The van der Waals surface area contributed by atoms with Gasteiger partial charge in [0.1, 0.15) is 11.5 Å². The molecule has 0 saturated carbocycles. The molecule has 34 heavy (non-hydrogen) atoms. The first-order valence-electron chi connectivity index (χ1n) is 10.0. The minimum atomic E-state index is -1.19. The maximum atomic E-state index is 13.1. The number of nitrogens with zero attached hydrogens (tertiary/aromatic N) is 1. The number of phenolic OH excluding ortho intramolecular Hbond substituents is 1.